The van der Waals surface area contributed by atoms with Crippen molar-refractivity contribution in [3.8, 4) is 6.07 Å². The number of aryl methyl sites for hydroxylation is 1. The first-order valence-electron chi connectivity index (χ1n) is 4.61. The van der Waals surface area contributed by atoms with Crippen LogP contribution in [0.15, 0.2) is 22.7 Å². The van der Waals surface area contributed by atoms with Crippen molar-refractivity contribution < 1.29 is 0 Å². The van der Waals surface area contributed by atoms with Crippen molar-refractivity contribution in [3.63, 3.8) is 0 Å². The fourth-order valence-electron chi connectivity index (χ4n) is 1.17. The SMILES string of the molecule is Cc1cccc(NCCCC#N)c1Br. The van der Waals surface area contributed by atoms with Crippen LogP contribution in [0.4, 0.5) is 5.69 Å². The zero-order chi connectivity index (χ0) is 10.4. The predicted octanol–water partition coefficient (Wildman–Crippen LogP) is 3.47. The molecule has 0 aliphatic carbocycles. The zero-order valence-corrected chi connectivity index (χ0v) is 9.76. The highest BCUT2D eigenvalue weighted by Gasteiger charge is 2.00. The van der Waals surface area contributed by atoms with Crippen LogP contribution in [0.1, 0.15) is 18.4 Å². The molecule has 0 fully saturated rings. The molecule has 0 aliphatic rings. The molecule has 0 atom stereocenters. The van der Waals surface area contributed by atoms with Crippen molar-refractivity contribution in [1.29, 1.82) is 5.26 Å². The summed E-state index contributed by atoms with van der Waals surface area (Å²) in [6.07, 6.45) is 1.49. The molecule has 2 nitrogen and oxygen atoms in total. The molecular weight excluding hydrogens is 240 g/mol. The second-order valence-electron chi connectivity index (χ2n) is 3.12. The molecule has 3 heteroatoms. The molecule has 1 N–H and O–H groups in total. The highest BCUT2D eigenvalue weighted by molar-refractivity contribution is 9.10. The first kappa shape index (κ1) is 11.1. The van der Waals surface area contributed by atoms with E-state index in [1.165, 1.54) is 5.56 Å². The summed E-state index contributed by atoms with van der Waals surface area (Å²) in [6, 6.07) is 8.24. The van der Waals surface area contributed by atoms with Gasteiger partial charge in [0.15, 0.2) is 0 Å². The molecule has 74 valence electrons. The van der Waals surface area contributed by atoms with E-state index in [4.69, 9.17) is 5.26 Å². The minimum Gasteiger partial charge on any atom is -0.384 e. The third-order valence-electron chi connectivity index (χ3n) is 1.97. The van der Waals surface area contributed by atoms with Gasteiger partial charge in [-0.15, -0.1) is 0 Å². The lowest BCUT2D eigenvalue weighted by Crippen LogP contribution is -2.01. The van der Waals surface area contributed by atoms with Gasteiger partial charge in [0.1, 0.15) is 0 Å². The molecule has 1 aromatic carbocycles. The highest BCUT2D eigenvalue weighted by atomic mass is 79.9. The summed E-state index contributed by atoms with van der Waals surface area (Å²) >= 11 is 3.52. The number of rotatable bonds is 4. The molecule has 1 rings (SSSR count). The molecule has 0 radical (unpaired) electrons. The number of nitrogens with zero attached hydrogens (tertiary/aromatic N) is 1. The van der Waals surface area contributed by atoms with E-state index in [2.05, 4.69) is 40.3 Å². The van der Waals surface area contributed by atoms with Crippen LogP contribution < -0.4 is 5.32 Å². The van der Waals surface area contributed by atoms with Gasteiger partial charge >= 0.3 is 0 Å². The van der Waals surface area contributed by atoms with Crippen molar-refractivity contribution in [2.45, 2.75) is 19.8 Å². The van der Waals surface area contributed by atoms with Gasteiger partial charge in [0.05, 0.1) is 6.07 Å². The molecule has 0 spiro atoms. The van der Waals surface area contributed by atoms with Gasteiger partial charge in [-0.25, -0.2) is 0 Å². The quantitative estimate of drug-likeness (QED) is 0.834. The molecule has 0 unspecified atom stereocenters. The van der Waals surface area contributed by atoms with E-state index in [1.54, 1.807) is 0 Å². The van der Waals surface area contributed by atoms with Crippen LogP contribution >= 0.6 is 15.9 Å². The Morgan fingerprint density at radius 2 is 2.29 bits per heavy atom. The van der Waals surface area contributed by atoms with Crippen LogP contribution in [0.25, 0.3) is 0 Å². The van der Waals surface area contributed by atoms with E-state index in [9.17, 15) is 0 Å². The van der Waals surface area contributed by atoms with E-state index >= 15 is 0 Å². The summed E-state index contributed by atoms with van der Waals surface area (Å²) in [5.74, 6) is 0. The minimum absolute atomic E-state index is 0.608. The summed E-state index contributed by atoms with van der Waals surface area (Å²) in [6.45, 7) is 2.90. The van der Waals surface area contributed by atoms with Crippen molar-refractivity contribution in [1.82, 2.24) is 0 Å². The van der Waals surface area contributed by atoms with Gasteiger partial charge < -0.3 is 5.32 Å². The topological polar surface area (TPSA) is 35.8 Å². The monoisotopic (exact) mass is 252 g/mol. The van der Waals surface area contributed by atoms with Crippen molar-refractivity contribution in [2.75, 3.05) is 11.9 Å². The Kier molecular flexibility index (Phi) is 4.48. The maximum absolute atomic E-state index is 8.38. The third-order valence-corrected chi connectivity index (χ3v) is 3.03. The Balaban J connectivity index is 2.51. The van der Waals surface area contributed by atoms with Crippen LogP contribution in [0, 0.1) is 18.3 Å². The summed E-state index contributed by atoms with van der Waals surface area (Å²) in [5.41, 5.74) is 2.32. The summed E-state index contributed by atoms with van der Waals surface area (Å²) in [7, 11) is 0. The van der Waals surface area contributed by atoms with Gasteiger partial charge in [-0.1, -0.05) is 12.1 Å². The molecular formula is C11H13BrN2. The van der Waals surface area contributed by atoms with Crippen LogP contribution in [-0.2, 0) is 0 Å². The Labute approximate surface area is 93.1 Å². The number of nitriles is 1. The molecule has 0 heterocycles. The van der Waals surface area contributed by atoms with Crippen molar-refractivity contribution in [3.05, 3.63) is 28.2 Å². The third kappa shape index (κ3) is 3.04. The van der Waals surface area contributed by atoms with Gasteiger partial charge in [0.2, 0.25) is 0 Å². The second kappa shape index (κ2) is 5.66. The fraction of sp³-hybridized carbons (Fsp3) is 0.364. The first-order valence-corrected chi connectivity index (χ1v) is 5.41. The minimum atomic E-state index is 0.608. The van der Waals surface area contributed by atoms with Gasteiger partial charge in [-0.2, -0.15) is 5.26 Å². The van der Waals surface area contributed by atoms with E-state index in [0.717, 1.165) is 23.1 Å². The average molecular weight is 253 g/mol. The average Bonchev–Trinajstić information content (AvgIpc) is 2.19. The van der Waals surface area contributed by atoms with Crippen molar-refractivity contribution >= 4 is 21.6 Å². The number of anilines is 1. The number of benzene rings is 1. The molecule has 0 saturated heterocycles. The molecule has 0 amide bonds. The smallest absolute Gasteiger partial charge is 0.0622 e. The van der Waals surface area contributed by atoms with Crippen LogP contribution in [-0.4, -0.2) is 6.54 Å². The van der Waals surface area contributed by atoms with E-state index in [1.807, 2.05) is 12.1 Å². The number of hydrogen-bond acceptors (Lipinski definition) is 2. The summed E-state index contributed by atoms with van der Waals surface area (Å²) < 4.78 is 1.11. The number of halogens is 1. The summed E-state index contributed by atoms with van der Waals surface area (Å²) in [5, 5.41) is 11.7. The molecule has 0 aromatic heterocycles. The maximum atomic E-state index is 8.38. The lowest BCUT2D eigenvalue weighted by atomic mass is 10.2. The van der Waals surface area contributed by atoms with Crippen LogP contribution in [0.3, 0.4) is 0 Å². The van der Waals surface area contributed by atoms with Crippen LogP contribution in [0.2, 0.25) is 0 Å². The molecule has 14 heavy (non-hydrogen) atoms. The standard InChI is InChI=1S/C11H13BrN2/c1-9-5-4-6-10(11(9)12)14-8-3-2-7-13/h4-6,14H,2-3,8H2,1H3. The molecule has 0 bridgehead atoms. The van der Waals surface area contributed by atoms with E-state index in [0.29, 0.717) is 6.42 Å². The van der Waals surface area contributed by atoms with Crippen molar-refractivity contribution in [2.24, 2.45) is 0 Å². The Morgan fingerprint density at radius 3 is 3.00 bits per heavy atom. The van der Waals surface area contributed by atoms with Crippen LogP contribution in [0.5, 0.6) is 0 Å². The number of nitrogens with one attached hydrogen (secondary N) is 1. The summed E-state index contributed by atoms with van der Waals surface area (Å²) in [4.78, 5) is 0. The van der Waals surface area contributed by atoms with Gasteiger partial charge in [-0.3, -0.25) is 0 Å². The first-order chi connectivity index (χ1) is 6.75. The Morgan fingerprint density at radius 1 is 1.50 bits per heavy atom. The fourth-order valence-corrected chi connectivity index (χ4v) is 1.58. The van der Waals surface area contributed by atoms with Gasteiger partial charge in [0, 0.05) is 23.1 Å². The van der Waals surface area contributed by atoms with Gasteiger partial charge in [0.25, 0.3) is 0 Å². The Hall–Kier alpha value is -1.01. The van der Waals surface area contributed by atoms with E-state index in [-0.39, 0.29) is 0 Å². The molecule has 0 saturated carbocycles. The maximum Gasteiger partial charge on any atom is 0.0622 e. The highest BCUT2D eigenvalue weighted by Crippen LogP contribution is 2.25. The second-order valence-corrected chi connectivity index (χ2v) is 3.92. The molecule has 0 aliphatic heterocycles. The normalized spacial score (nSPS) is 9.50. The lowest BCUT2D eigenvalue weighted by Gasteiger charge is -2.08. The number of hydrogen-bond donors (Lipinski definition) is 1. The number of unbranched alkanes of at least 4 members (excludes halogenated alkanes) is 1. The Bertz CT molecular complexity index is 342. The molecule has 1 aromatic rings. The largest absolute Gasteiger partial charge is 0.384 e. The van der Waals surface area contributed by atoms with E-state index < -0.39 is 0 Å². The predicted molar refractivity (Wildman–Crippen MR) is 62.2 cm³/mol. The van der Waals surface area contributed by atoms with Gasteiger partial charge in [-0.05, 0) is 40.9 Å². The lowest BCUT2D eigenvalue weighted by molar-refractivity contribution is 0.897. The zero-order valence-electron chi connectivity index (χ0n) is 8.18.